The number of halogens is 3. The molecule has 6 aromatic rings. The van der Waals surface area contributed by atoms with Crippen LogP contribution < -0.4 is 30.3 Å². The number of ether oxygens (including phenoxy) is 4. The summed E-state index contributed by atoms with van der Waals surface area (Å²) >= 11 is 12.4. The number of hydrogen-bond donors (Lipinski definition) is 3. The Kier molecular flexibility index (Phi) is 11.8. The van der Waals surface area contributed by atoms with Gasteiger partial charge in [0, 0.05) is 22.8 Å². The molecule has 0 fully saturated rings. The number of benzene rings is 4. The standard InChI is InChI=1S/C16H13Cl2N3O5S.C16H14ClN3O6S/c1-25-12-8-13(26-2)14(27(18,23)24)7-9(12)15-19-20-16(22)21(15)11-6-4-3-5-10(11)17;1-25-12-8-13(26-2)14(27(22,23)24)7-9(12)15-18-19-16(21)20(15)11-6-4-3-5-10(11)17/h3-8H,1-2H3,(H,20,22);3-8H,1-2H3,(H,19,21)(H,22,23,24). The molecule has 284 valence electrons. The second-order valence-corrected chi connectivity index (χ2v) is 15.3. The first-order chi connectivity index (χ1) is 25.5. The van der Waals surface area contributed by atoms with Crippen LogP contribution in [0, 0.1) is 0 Å². The Morgan fingerprint density at radius 2 is 0.981 bits per heavy atom. The van der Waals surface area contributed by atoms with E-state index < -0.39 is 35.4 Å². The lowest BCUT2D eigenvalue weighted by atomic mass is 10.1. The van der Waals surface area contributed by atoms with Crippen molar-refractivity contribution < 1.29 is 40.3 Å². The van der Waals surface area contributed by atoms with Crippen molar-refractivity contribution in [3.05, 3.63) is 104 Å². The Morgan fingerprint density at radius 1 is 0.611 bits per heavy atom. The second-order valence-electron chi connectivity index (χ2n) is 10.6. The minimum Gasteiger partial charge on any atom is -0.496 e. The van der Waals surface area contributed by atoms with Gasteiger partial charge in [-0.3, -0.25) is 4.55 Å². The number of para-hydroxylation sites is 2. The summed E-state index contributed by atoms with van der Waals surface area (Å²) in [5.41, 5.74) is -0.129. The highest BCUT2D eigenvalue weighted by atomic mass is 35.7. The van der Waals surface area contributed by atoms with Gasteiger partial charge in [-0.25, -0.2) is 37.3 Å². The van der Waals surface area contributed by atoms with Gasteiger partial charge in [-0.1, -0.05) is 47.5 Å². The largest absolute Gasteiger partial charge is 0.496 e. The zero-order valence-electron chi connectivity index (χ0n) is 28.2. The number of methoxy groups -OCH3 is 4. The van der Waals surface area contributed by atoms with E-state index in [1.165, 1.54) is 55.8 Å². The van der Waals surface area contributed by atoms with Crippen LogP contribution in [0.15, 0.2) is 92.2 Å². The fourth-order valence-electron chi connectivity index (χ4n) is 5.15. The summed E-state index contributed by atoms with van der Waals surface area (Å²) < 4.78 is 79.9. The smallest absolute Gasteiger partial charge is 0.348 e. The Morgan fingerprint density at radius 3 is 1.33 bits per heavy atom. The maximum Gasteiger partial charge on any atom is 0.348 e. The van der Waals surface area contributed by atoms with Gasteiger partial charge in [0.05, 0.1) is 61.0 Å². The first-order valence-corrected chi connectivity index (χ1v) is 19.4. The minimum atomic E-state index is -4.61. The number of nitrogens with one attached hydrogen (secondary N) is 2. The number of aromatic amines is 2. The Balaban J connectivity index is 0.000000208. The first kappa shape index (κ1) is 39.9. The Hall–Kier alpha value is -5.31. The zero-order chi connectivity index (χ0) is 39.5. The van der Waals surface area contributed by atoms with Gasteiger partial charge in [-0.2, -0.15) is 18.6 Å². The van der Waals surface area contributed by atoms with E-state index in [0.29, 0.717) is 16.4 Å². The third-order valence-electron chi connectivity index (χ3n) is 7.53. The predicted molar refractivity (Wildman–Crippen MR) is 198 cm³/mol. The number of rotatable bonds is 10. The molecule has 6 rings (SSSR count). The molecule has 0 amide bonds. The van der Waals surface area contributed by atoms with Crippen LogP contribution in [0.2, 0.25) is 10.0 Å². The van der Waals surface area contributed by atoms with Gasteiger partial charge in [0.1, 0.15) is 32.8 Å². The van der Waals surface area contributed by atoms with Crippen molar-refractivity contribution >= 4 is 53.1 Å². The topological polar surface area (TPSA) is 227 Å². The number of aromatic nitrogens is 6. The minimum absolute atomic E-state index is 0.00669. The average Bonchev–Trinajstić information content (AvgIpc) is 3.71. The van der Waals surface area contributed by atoms with Gasteiger partial charge in [0.15, 0.2) is 11.6 Å². The molecule has 54 heavy (non-hydrogen) atoms. The molecule has 0 saturated heterocycles. The number of H-pyrrole nitrogens is 2. The highest BCUT2D eigenvalue weighted by Crippen LogP contribution is 2.40. The molecule has 0 saturated carbocycles. The molecule has 17 nitrogen and oxygen atoms in total. The summed E-state index contributed by atoms with van der Waals surface area (Å²) in [7, 11) is 2.06. The molecular formula is C32H27Cl3N6O11S2. The lowest BCUT2D eigenvalue weighted by molar-refractivity contribution is 0.383. The van der Waals surface area contributed by atoms with Crippen LogP contribution in [0.4, 0.5) is 0 Å². The summed E-state index contributed by atoms with van der Waals surface area (Å²) in [5.74, 6) is 0.398. The molecule has 0 bridgehead atoms. The third kappa shape index (κ3) is 7.96. The molecule has 0 spiro atoms. The van der Waals surface area contributed by atoms with Crippen molar-refractivity contribution in [3.63, 3.8) is 0 Å². The highest BCUT2D eigenvalue weighted by molar-refractivity contribution is 8.13. The van der Waals surface area contributed by atoms with Crippen LogP contribution in [-0.4, -0.2) is 79.4 Å². The quantitative estimate of drug-likeness (QED) is 0.122. The normalized spacial score (nSPS) is 11.4. The molecular weight excluding hydrogens is 815 g/mol. The van der Waals surface area contributed by atoms with E-state index in [2.05, 4.69) is 20.4 Å². The van der Waals surface area contributed by atoms with Crippen LogP contribution >= 0.6 is 33.9 Å². The van der Waals surface area contributed by atoms with Crippen LogP contribution in [0.5, 0.6) is 23.0 Å². The SMILES string of the molecule is COc1cc(OC)c(S(=O)(=O)Cl)cc1-c1n[nH]c(=O)n1-c1ccccc1Cl.COc1cc(OC)c(S(=O)(=O)O)cc1-c1n[nH]c(=O)n1-c1ccccc1Cl. The molecule has 22 heteroatoms. The van der Waals surface area contributed by atoms with Crippen molar-refractivity contribution in [2.75, 3.05) is 28.4 Å². The lowest BCUT2D eigenvalue weighted by Gasteiger charge is -2.14. The van der Waals surface area contributed by atoms with Crippen molar-refractivity contribution in [1.29, 1.82) is 0 Å². The fourth-order valence-corrected chi connectivity index (χ4v) is 7.26. The van der Waals surface area contributed by atoms with Gasteiger partial charge < -0.3 is 18.9 Å². The molecule has 4 aromatic carbocycles. The summed E-state index contributed by atoms with van der Waals surface area (Å²) in [6, 6.07) is 18.2. The molecule has 0 atom stereocenters. The van der Waals surface area contributed by atoms with E-state index in [4.69, 9.17) is 52.8 Å². The van der Waals surface area contributed by atoms with Crippen LogP contribution in [-0.2, 0) is 19.2 Å². The summed E-state index contributed by atoms with van der Waals surface area (Å²) in [5, 5.41) is 13.2. The second kappa shape index (κ2) is 16.0. The number of nitrogens with zero attached hydrogens (tertiary/aromatic N) is 4. The molecule has 0 aliphatic heterocycles. The van der Waals surface area contributed by atoms with E-state index in [9.17, 15) is 31.0 Å². The molecule has 0 aliphatic rings. The molecule has 0 radical (unpaired) electrons. The van der Waals surface area contributed by atoms with Gasteiger partial charge >= 0.3 is 11.4 Å². The van der Waals surface area contributed by atoms with Crippen molar-refractivity contribution in [2.45, 2.75) is 9.79 Å². The van der Waals surface area contributed by atoms with E-state index >= 15 is 0 Å². The molecule has 0 aliphatic carbocycles. The molecule has 3 N–H and O–H groups in total. The summed E-state index contributed by atoms with van der Waals surface area (Å²) in [6.45, 7) is 0. The van der Waals surface area contributed by atoms with Crippen LogP contribution in [0.1, 0.15) is 0 Å². The molecule has 2 heterocycles. The summed E-state index contributed by atoms with van der Waals surface area (Å²) in [4.78, 5) is 23.9. The maximum absolute atomic E-state index is 12.3. The van der Waals surface area contributed by atoms with E-state index in [0.717, 1.165) is 6.07 Å². The fraction of sp³-hybridized carbons (Fsp3) is 0.125. The Labute approximate surface area is 320 Å². The first-order valence-electron chi connectivity index (χ1n) is 14.8. The van der Waals surface area contributed by atoms with E-state index in [1.54, 1.807) is 48.5 Å². The van der Waals surface area contributed by atoms with Crippen molar-refractivity contribution in [3.8, 4) is 57.1 Å². The average molecular weight is 842 g/mol. The predicted octanol–water partition coefficient (Wildman–Crippen LogP) is 4.97. The highest BCUT2D eigenvalue weighted by Gasteiger charge is 2.27. The molecule has 2 aromatic heterocycles. The van der Waals surface area contributed by atoms with Crippen LogP contribution in [0.3, 0.4) is 0 Å². The maximum atomic E-state index is 12.3. The van der Waals surface area contributed by atoms with E-state index in [-0.39, 0.29) is 55.7 Å². The Bertz CT molecular complexity index is 2530. The zero-order valence-corrected chi connectivity index (χ0v) is 32.1. The lowest BCUT2D eigenvalue weighted by Crippen LogP contribution is -2.16. The third-order valence-corrected chi connectivity index (χ3v) is 10.4. The van der Waals surface area contributed by atoms with Crippen LogP contribution in [0.25, 0.3) is 34.2 Å². The van der Waals surface area contributed by atoms with E-state index in [1.807, 2.05) is 0 Å². The van der Waals surface area contributed by atoms with Crippen molar-refractivity contribution in [1.82, 2.24) is 29.5 Å². The monoisotopic (exact) mass is 840 g/mol. The van der Waals surface area contributed by atoms with Crippen molar-refractivity contribution in [2.24, 2.45) is 0 Å². The van der Waals surface area contributed by atoms with Gasteiger partial charge in [-0.05, 0) is 36.4 Å². The van der Waals surface area contributed by atoms with Gasteiger partial charge in [-0.15, -0.1) is 0 Å². The molecule has 0 unspecified atom stereocenters. The summed E-state index contributed by atoms with van der Waals surface area (Å²) in [6.07, 6.45) is 0. The van der Waals surface area contributed by atoms with Gasteiger partial charge in [0.25, 0.3) is 19.2 Å². The van der Waals surface area contributed by atoms with Gasteiger partial charge in [0.2, 0.25) is 0 Å². The number of hydrogen-bond acceptors (Lipinski definition) is 12.